The molecule has 0 aromatic carbocycles. The Labute approximate surface area is 137 Å². The molecular weight excluding hydrogens is 308 g/mol. The molecule has 2 atom stereocenters. The van der Waals surface area contributed by atoms with Gasteiger partial charge >= 0.3 is 0 Å². The second-order valence-electron chi connectivity index (χ2n) is 5.44. The first-order chi connectivity index (χ1) is 10.9. The fraction of sp³-hybridized carbons (Fsp3) is 1.00. The Kier molecular flexibility index (Phi) is 11.1. The summed E-state index contributed by atoms with van der Waals surface area (Å²) in [5.74, 6) is 0. The van der Waals surface area contributed by atoms with E-state index < -0.39 is 43.4 Å². The van der Waals surface area contributed by atoms with Crippen molar-refractivity contribution >= 4 is 0 Å². The van der Waals surface area contributed by atoms with Crippen LogP contribution < -0.4 is 0 Å². The smallest absolute Gasteiger partial charge is 0.159 e. The second-order valence-corrected chi connectivity index (χ2v) is 5.44. The van der Waals surface area contributed by atoms with Gasteiger partial charge in [0, 0.05) is 40.3 Å². The highest BCUT2D eigenvalue weighted by Crippen LogP contribution is 2.39. The molecule has 0 amide bonds. The van der Waals surface area contributed by atoms with Gasteiger partial charge < -0.3 is 39.4 Å². The van der Waals surface area contributed by atoms with Crippen LogP contribution >= 0.6 is 0 Å². The number of aliphatic hydroxyl groups is 4. The zero-order valence-electron chi connectivity index (χ0n) is 14.5. The minimum Gasteiger partial charge on any atom is -0.395 e. The molecule has 0 radical (unpaired) electrons. The normalized spacial score (nSPS) is 17.7. The molecule has 4 N–H and O–H groups in total. The van der Waals surface area contributed by atoms with Gasteiger partial charge in [-0.2, -0.15) is 0 Å². The largest absolute Gasteiger partial charge is 0.395 e. The number of rotatable bonds is 14. The topological polar surface area (TPSA) is 118 Å². The van der Waals surface area contributed by atoms with Crippen molar-refractivity contribution in [3.8, 4) is 0 Å². The summed E-state index contributed by atoms with van der Waals surface area (Å²) in [5, 5.41) is 40.3. The van der Waals surface area contributed by atoms with E-state index in [0.717, 1.165) is 0 Å². The standard InChI is InChI=1S/C15H32O8/c1-5-22-12(20-3)7-15(19,8-13(21-4)23-6-2)14(9-16,10-17)11-18/h12-13,16-19H,5-11H2,1-4H3. The van der Waals surface area contributed by atoms with E-state index in [9.17, 15) is 20.4 Å². The molecule has 0 rings (SSSR count). The number of aliphatic hydroxyl groups excluding tert-OH is 3. The van der Waals surface area contributed by atoms with Crippen molar-refractivity contribution in [3.63, 3.8) is 0 Å². The number of hydrogen-bond donors (Lipinski definition) is 4. The molecule has 0 saturated carbocycles. The third-order valence-electron chi connectivity index (χ3n) is 4.13. The SMILES string of the molecule is CCOC(CC(O)(CC(OC)OCC)C(CO)(CO)CO)OC. The molecule has 2 unspecified atom stereocenters. The van der Waals surface area contributed by atoms with Crippen LogP contribution in [0.25, 0.3) is 0 Å². The zero-order valence-corrected chi connectivity index (χ0v) is 14.5. The summed E-state index contributed by atoms with van der Waals surface area (Å²) in [7, 11) is 2.85. The first-order valence-corrected chi connectivity index (χ1v) is 7.76. The van der Waals surface area contributed by atoms with Crippen molar-refractivity contribution < 1.29 is 39.4 Å². The van der Waals surface area contributed by atoms with Gasteiger partial charge in [-0.1, -0.05) is 0 Å². The van der Waals surface area contributed by atoms with Gasteiger partial charge in [-0.05, 0) is 13.8 Å². The maximum Gasteiger partial charge on any atom is 0.159 e. The first-order valence-electron chi connectivity index (χ1n) is 7.76. The summed E-state index contributed by atoms with van der Waals surface area (Å²) in [6, 6.07) is 0. The molecular formula is C15H32O8. The van der Waals surface area contributed by atoms with Crippen molar-refractivity contribution in [1.82, 2.24) is 0 Å². The van der Waals surface area contributed by atoms with E-state index >= 15 is 0 Å². The lowest BCUT2D eigenvalue weighted by Gasteiger charge is -2.46. The van der Waals surface area contributed by atoms with Crippen LogP contribution in [0.4, 0.5) is 0 Å². The quantitative estimate of drug-likeness (QED) is 0.312. The zero-order chi connectivity index (χ0) is 17.9. The van der Waals surface area contributed by atoms with E-state index in [1.807, 2.05) is 0 Å². The van der Waals surface area contributed by atoms with E-state index in [1.54, 1.807) is 13.8 Å². The van der Waals surface area contributed by atoms with Gasteiger partial charge in [-0.25, -0.2) is 0 Å². The van der Waals surface area contributed by atoms with Crippen LogP contribution in [0.2, 0.25) is 0 Å². The fourth-order valence-electron chi connectivity index (χ4n) is 2.45. The van der Waals surface area contributed by atoms with Gasteiger partial charge in [0.05, 0.1) is 30.8 Å². The Balaban J connectivity index is 5.55. The lowest BCUT2D eigenvalue weighted by atomic mass is 9.69. The van der Waals surface area contributed by atoms with Gasteiger partial charge in [-0.15, -0.1) is 0 Å². The summed E-state index contributed by atoms with van der Waals surface area (Å²) in [5.41, 5.74) is -3.30. The highest BCUT2D eigenvalue weighted by Gasteiger charge is 2.52. The van der Waals surface area contributed by atoms with Crippen LogP contribution in [0.3, 0.4) is 0 Å². The first kappa shape index (κ1) is 22.7. The van der Waals surface area contributed by atoms with Gasteiger partial charge in [0.2, 0.25) is 0 Å². The van der Waals surface area contributed by atoms with Crippen molar-refractivity contribution in [2.75, 3.05) is 47.3 Å². The van der Waals surface area contributed by atoms with Crippen molar-refractivity contribution in [2.45, 2.75) is 44.9 Å². The van der Waals surface area contributed by atoms with Gasteiger partial charge in [0.25, 0.3) is 0 Å². The summed E-state index contributed by atoms with van der Waals surface area (Å²) in [6.07, 6.45) is -1.70. The molecule has 0 aliphatic heterocycles. The van der Waals surface area contributed by atoms with Crippen molar-refractivity contribution in [1.29, 1.82) is 0 Å². The molecule has 8 nitrogen and oxygen atoms in total. The van der Waals surface area contributed by atoms with E-state index in [-0.39, 0.29) is 12.8 Å². The summed E-state index contributed by atoms with van der Waals surface area (Å²) < 4.78 is 21.1. The molecule has 0 aliphatic rings. The molecule has 0 fully saturated rings. The lowest BCUT2D eigenvalue weighted by Crippen LogP contribution is -2.58. The molecule has 0 aromatic rings. The number of ether oxygens (including phenoxy) is 4. The maximum absolute atomic E-state index is 11.2. The van der Waals surface area contributed by atoms with E-state index in [4.69, 9.17) is 18.9 Å². The van der Waals surface area contributed by atoms with Crippen molar-refractivity contribution in [3.05, 3.63) is 0 Å². The fourth-order valence-corrected chi connectivity index (χ4v) is 2.45. The Morgan fingerprint density at radius 1 is 0.783 bits per heavy atom. The highest BCUT2D eigenvalue weighted by molar-refractivity contribution is 4.99. The molecule has 0 spiro atoms. The molecule has 0 bridgehead atoms. The molecule has 23 heavy (non-hydrogen) atoms. The van der Waals surface area contributed by atoms with E-state index in [1.165, 1.54) is 14.2 Å². The van der Waals surface area contributed by atoms with Crippen LogP contribution in [-0.2, 0) is 18.9 Å². The monoisotopic (exact) mass is 340 g/mol. The average molecular weight is 340 g/mol. The Morgan fingerprint density at radius 2 is 1.13 bits per heavy atom. The Morgan fingerprint density at radius 3 is 1.35 bits per heavy atom. The molecule has 140 valence electrons. The van der Waals surface area contributed by atoms with Crippen LogP contribution in [0.1, 0.15) is 26.7 Å². The molecule has 0 saturated heterocycles. The summed E-state index contributed by atoms with van der Waals surface area (Å²) >= 11 is 0. The van der Waals surface area contributed by atoms with Crippen molar-refractivity contribution in [2.24, 2.45) is 5.41 Å². The van der Waals surface area contributed by atoms with Crippen LogP contribution in [-0.4, -0.2) is 85.9 Å². The summed E-state index contributed by atoms with van der Waals surface area (Å²) in [4.78, 5) is 0. The third kappa shape index (κ3) is 5.91. The lowest BCUT2D eigenvalue weighted by molar-refractivity contribution is -0.240. The van der Waals surface area contributed by atoms with E-state index in [2.05, 4.69) is 0 Å². The van der Waals surface area contributed by atoms with Gasteiger partial charge in [0.15, 0.2) is 12.6 Å². The summed E-state index contributed by atoms with van der Waals surface area (Å²) in [6.45, 7) is 2.41. The molecule has 8 heteroatoms. The highest BCUT2D eigenvalue weighted by atomic mass is 16.7. The van der Waals surface area contributed by atoms with Crippen LogP contribution in [0.5, 0.6) is 0 Å². The van der Waals surface area contributed by atoms with E-state index in [0.29, 0.717) is 13.2 Å². The average Bonchev–Trinajstić information content (AvgIpc) is 2.56. The second kappa shape index (κ2) is 11.3. The third-order valence-corrected chi connectivity index (χ3v) is 4.13. The maximum atomic E-state index is 11.2. The molecule has 0 aromatic heterocycles. The van der Waals surface area contributed by atoms with Gasteiger partial charge in [-0.3, -0.25) is 0 Å². The van der Waals surface area contributed by atoms with Crippen LogP contribution in [0, 0.1) is 5.41 Å². The molecule has 0 heterocycles. The Hall–Kier alpha value is -0.320. The minimum atomic E-state index is -1.74. The van der Waals surface area contributed by atoms with Gasteiger partial charge in [0.1, 0.15) is 0 Å². The Bertz CT molecular complexity index is 271. The predicted octanol–water partition coefficient (Wildman–Crippen LogP) is -0.521. The molecule has 0 aliphatic carbocycles. The van der Waals surface area contributed by atoms with Crippen LogP contribution in [0.15, 0.2) is 0 Å². The predicted molar refractivity (Wildman–Crippen MR) is 82.7 cm³/mol. The minimum absolute atomic E-state index is 0.0774. The number of methoxy groups -OCH3 is 2. The number of hydrogen-bond acceptors (Lipinski definition) is 8.